The quantitative estimate of drug-likeness (QED) is 0.711. The maximum absolute atomic E-state index is 11.4. The molecule has 0 saturated carbocycles. The minimum atomic E-state index is -1.17. The fourth-order valence-corrected chi connectivity index (χ4v) is 1.24. The summed E-state index contributed by atoms with van der Waals surface area (Å²) in [6.45, 7) is 0. The number of nitrogens with zero attached hydrogens (tertiary/aromatic N) is 2. The zero-order chi connectivity index (χ0) is 10.1. The van der Waals surface area contributed by atoms with Gasteiger partial charge in [-0.1, -0.05) is 0 Å². The fourth-order valence-electron chi connectivity index (χ4n) is 1.24. The van der Waals surface area contributed by atoms with Gasteiger partial charge < -0.3 is 5.11 Å². The van der Waals surface area contributed by atoms with E-state index in [4.69, 9.17) is 5.11 Å². The molecule has 2 heterocycles. The Labute approximate surface area is 79.1 Å². The summed E-state index contributed by atoms with van der Waals surface area (Å²) in [4.78, 5) is 29.6. The molecule has 1 aromatic rings. The Kier molecular flexibility index (Phi) is 1.85. The third-order valence-electron chi connectivity index (χ3n) is 1.90. The summed E-state index contributed by atoms with van der Waals surface area (Å²) >= 11 is 0. The molecule has 1 aliphatic heterocycles. The van der Waals surface area contributed by atoms with Crippen LogP contribution < -0.4 is 0 Å². The number of aliphatic imine (C=N–C) groups is 1. The Hall–Kier alpha value is -2.04. The summed E-state index contributed by atoms with van der Waals surface area (Å²) in [6, 6.07) is 3.21. The second kappa shape index (κ2) is 3.02. The Morgan fingerprint density at radius 3 is 3.00 bits per heavy atom. The van der Waals surface area contributed by atoms with Gasteiger partial charge in [-0.3, -0.25) is 4.79 Å². The number of carbonyl (C=O) groups excluding carboxylic acids is 1. The smallest absolute Gasteiger partial charge is 0.350 e. The largest absolute Gasteiger partial charge is 0.477 e. The van der Waals surface area contributed by atoms with Crippen LogP contribution in [0.15, 0.2) is 23.3 Å². The van der Waals surface area contributed by atoms with Crippen LogP contribution in [0.4, 0.5) is 5.82 Å². The maximum atomic E-state index is 11.4. The number of carboxylic acids is 1. The summed E-state index contributed by atoms with van der Waals surface area (Å²) in [6.07, 6.45) is 1.31. The Balaban J connectivity index is 2.56. The Morgan fingerprint density at radius 2 is 2.29 bits per heavy atom. The molecule has 0 atom stereocenters. The molecule has 14 heavy (non-hydrogen) atoms. The number of hydrogen-bond acceptors (Lipinski definition) is 4. The maximum Gasteiger partial charge on any atom is 0.350 e. The molecule has 1 N–H and O–H groups in total. The molecule has 0 aromatic carbocycles. The molecule has 5 nitrogen and oxygen atoms in total. The van der Waals surface area contributed by atoms with Crippen molar-refractivity contribution in [2.45, 2.75) is 6.42 Å². The van der Waals surface area contributed by atoms with E-state index in [0.29, 0.717) is 5.56 Å². The van der Waals surface area contributed by atoms with Gasteiger partial charge in [0.1, 0.15) is 5.71 Å². The molecule has 0 radical (unpaired) electrons. The van der Waals surface area contributed by atoms with Crippen LogP contribution in [-0.2, 0) is 4.79 Å². The number of carboxylic acid groups (broad SMARTS) is 1. The summed E-state index contributed by atoms with van der Waals surface area (Å²) in [5.41, 5.74) is 0.235. The fraction of sp³-hybridized carbons (Fsp3) is 0.111. The van der Waals surface area contributed by atoms with Gasteiger partial charge in [0.2, 0.25) is 0 Å². The van der Waals surface area contributed by atoms with Crippen molar-refractivity contribution < 1.29 is 14.7 Å². The number of aromatic nitrogens is 1. The molecule has 1 aromatic heterocycles. The summed E-state index contributed by atoms with van der Waals surface area (Å²) in [7, 11) is 0. The van der Waals surface area contributed by atoms with E-state index in [1.807, 2.05) is 0 Å². The van der Waals surface area contributed by atoms with Crippen molar-refractivity contribution in [1.29, 1.82) is 0 Å². The minimum Gasteiger partial charge on any atom is -0.477 e. The third-order valence-corrected chi connectivity index (χ3v) is 1.90. The second-order valence-corrected chi connectivity index (χ2v) is 2.84. The van der Waals surface area contributed by atoms with Crippen molar-refractivity contribution in [3.63, 3.8) is 0 Å². The molecule has 0 unspecified atom stereocenters. The van der Waals surface area contributed by atoms with E-state index in [2.05, 4.69) is 9.98 Å². The predicted octanol–water partition coefficient (Wildman–Crippen LogP) is 0.825. The van der Waals surface area contributed by atoms with E-state index in [-0.39, 0.29) is 23.7 Å². The van der Waals surface area contributed by atoms with Crippen molar-refractivity contribution in [3.05, 3.63) is 23.9 Å². The first-order valence-corrected chi connectivity index (χ1v) is 3.97. The molecule has 0 fully saturated rings. The number of fused-ring (bicyclic) bond motifs is 1. The van der Waals surface area contributed by atoms with E-state index >= 15 is 0 Å². The van der Waals surface area contributed by atoms with Crippen molar-refractivity contribution in [2.75, 3.05) is 0 Å². The molecular weight excluding hydrogens is 184 g/mol. The number of hydrogen-bond donors (Lipinski definition) is 1. The highest BCUT2D eigenvalue weighted by Gasteiger charge is 2.24. The molecule has 0 bridgehead atoms. The highest BCUT2D eigenvalue weighted by Crippen LogP contribution is 2.22. The normalized spacial score (nSPS) is 14.6. The van der Waals surface area contributed by atoms with Gasteiger partial charge in [-0.25, -0.2) is 14.8 Å². The summed E-state index contributed by atoms with van der Waals surface area (Å²) in [5, 5.41) is 8.67. The Bertz CT molecular complexity index is 451. The number of aliphatic carboxylic acids is 1. The molecule has 0 amide bonds. The van der Waals surface area contributed by atoms with Crippen LogP contribution in [0.5, 0.6) is 0 Å². The number of rotatable bonds is 1. The van der Waals surface area contributed by atoms with Crippen LogP contribution >= 0.6 is 0 Å². The molecule has 2 rings (SSSR count). The monoisotopic (exact) mass is 190 g/mol. The molecule has 0 spiro atoms. The third kappa shape index (κ3) is 1.28. The lowest BCUT2D eigenvalue weighted by Crippen LogP contribution is -2.21. The topological polar surface area (TPSA) is 79.6 Å². The van der Waals surface area contributed by atoms with Crippen molar-refractivity contribution in [1.82, 2.24) is 4.98 Å². The van der Waals surface area contributed by atoms with Gasteiger partial charge >= 0.3 is 5.97 Å². The number of carbonyl (C=O) groups is 2. The molecule has 5 heteroatoms. The second-order valence-electron chi connectivity index (χ2n) is 2.84. The van der Waals surface area contributed by atoms with Crippen LogP contribution in [0.3, 0.4) is 0 Å². The van der Waals surface area contributed by atoms with Gasteiger partial charge in [-0.2, -0.15) is 0 Å². The SMILES string of the molecule is O=C(O)C1=Nc2ncccc2C(=O)C1. The van der Waals surface area contributed by atoms with E-state index < -0.39 is 5.97 Å². The lowest BCUT2D eigenvalue weighted by molar-refractivity contribution is -0.129. The van der Waals surface area contributed by atoms with Gasteiger partial charge in [-0.15, -0.1) is 0 Å². The molecule has 0 saturated heterocycles. The van der Waals surface area contributed by atoms with E-state index in [0.717, 1.165) is 0 Å². The first kappa shape index (κ1) is 8.55. The molecular formula is C9H6N2O3. The lowest BCUT2D eigenvalue weighted by atomic mass is 10.0. The standard InChI is InChI=1S/C9H6N2O3/c12-7-4-6(9(13)14)11-8-5(7)2-1-3-10-8/h1-3H,4H2,(H,13,14). The van der Waals surface area contributed by atoms with E-state index in [9.17, 15) is 9.59 Å². The van der Waals surface area contributed by atoms with Crippen molar-refractivity contribution in [3.8, 4) is 0 Å². The number of ketones is 1. The van der Waals surface area contributed by atoms with Crippen LogP contribution in [0.1, 0.15) is 16.8 Å². The van der Waals surface area contributed by atoms with Gasteiger partial charge in [0.05, 0.1) is 12.0 Å². The van der Waals surface area contributed by atoms with E-state index in [1.54, 1.807) is 12.1 Å². The number of Topliss-reactive ketones (excluding diaryl/α,β-unsaturated/α-hetero) is 1. The summed E-state index contributed by atoms with van der Waals surface area (Å²) < 4.78 is 0. The zero-order valence-corrected chi connectivity index (χ0v) is 7.10. The van der Waals surface area contributed by atoms with Crippen LogP contribution in [0.25, 0.3) is 0 Å². The Morgan fingerprint density at radius 1 is 1.50 bits per heavy atom. The van der Waals surface area contributed by atoms with Crippen LogP contribution in [0.2, 0.25) is 0 Å². The van der Waals surface area contributed by atoms with Crippen LogP contribution in [0, 0.1) is 0 Å². The first-order valence-electron chi connectivity index (χ1n) is 3.97. The number of pyridine rings is 1. The highest BCUT2D eigenvalue weighted by molar-refractivity contribution is 6.41. The van der Waals surface area contributed by atoms with E-state index in [1.165, 1.54) is 6.20 Å². The molecule has 1 aliphatic rings. The van der Waals surface area contributed by atoms with Gasteiger partial charge in [0, 0.05) is 6.20 Å². The van der Waals surface area contributed by atoms with Gasteiger partial charge in [0.15, 0.2) is 11.6 Å². The zero-order valence-electron chi connectivity index (χ0n) is 7.10. The minimum absolute atomic E-state index is 0.152. The molecule has 70 valence electrons. The van der Waals surface area contributed by atoms with Crippen molar-refractivity contribution >= 4 is 23.3 Å². The van der Waals surface area contributed by atoms with Gasteiger partial charge in [-0.05, 0) is 12.1 Å². The lowest BCUT2D eigenvalue weighted by Gasteiger charge is -2.09. The highest BCUT2D eigenvalue weighted by atomic mass is 16.4. The van der Waals surface area contributed by atoms with Gasteiger partial charge in [0.25, 0.3) is 0 Å². The predicted molar refractivity (Wildman–Crippen MR) is 47.9 cm³/mol. The molecule has 0 aliphatic carbocycles. The van der Waals surface area contributed by atoms with Crippen LogP contribution in [-0.4, -0.2) is 27.6 Å². The average molecular weight is 190 g/mol. The average Bonchev–Trinajstić information content (AvgIpc) is 2.17. The first-order chi connectivity index (χ1) is 6.68. The van der Waals surface area contributed by atoms with Crippen molar-refractivity contribution in [2.24, 2.45) is 4.99 Å². The summed E-state index contributed by atoms with van der Waals surface area (Å²) in [5.74, 6) is -1.23.